The molecule has 1 saturated carbocycles. The van der Waals surface area contributed by atoms with Crippen LogP contribution in [0.1, 0.15) is 30.9 Å². The van der Waals surface area contributed by atoms with Gasteiger partial charge in [0.25, 0.3) is 0 Å². The van der Waals surface area contributed by atoms with Gasteiger partial charge in [0.05, 0.1) is 12.2 Å². The summed E-state index contributed by atoms with van der Waals surface area (Å²) in [4.78, 5) is 16.1. The minimum absolute atomic E-state index is 0.0223. The molecule has 6 nitrogen and oxygen atoms in total. The van der Waals surface area contributed by atoms with Crippen molar-refractivity contribution in [2.45, 2.75) is 43.0 Å². The lowest BCUT2D eigenvalue weighted by molar-refractivity contribution is -0.258. The smallest absolute Gasteiger partial charge is 0.376 e. The molecule has 162 valence electrons. The molecule has 1 aromatic carbocycles. The van der Waals surface area contributed by atoms with Crippen molar-refractivity contribution >= 4 is 21.4 Å². The number of sulfone groups is 1. The minimum atomic E-state index is -4.83. The Morgan fingerprint density at radius 1 is 1.17 bits per heavy atom. The molecule has 0 bridgehead atoms. The number of alkyl halides is 3. The molecule has 1 aliphatic carbocycles. The lowest BCUT2D eigenvalue weighted by Gasteiger charge is -2.26. The summed E-state index contributed by atoms with van der Waals surface area (Å²) in [5.41, 5.74) is -2.59. The number of hydrogen-bond acceptors (Lipinski definition) is 5. The molecule has 2 aromatic rings. The van der Waals surface area contributed by atoms with E-state index in [1.807, 2.05) is 0 Å². The highest BCUT2D eigenvalue weighted by Crippen LogP contribution is 2.38. The first-order valence-electron chi connectivity index (χ1n) is 9.26. The van der Waals surface area contributed by atoms with Gasteiger partial charge in [-0.2, -0.15) is 13.2 Å². The van der Waals surface area contributed by atoms with Gasteiger partial charge in [-0.1, -0.05) is 18.2 Å². The highest BCUT2D eigenvalue weighted by atomic mass is 32.2. The van der Waals surface area contributed by atoms with Crippen molar-refractivity contribution in [1.82, 2.24) is 4.98 Å². The molecule has 1 heterocycles. The fourth-order valence-electron chi connectivity index (χ4n) is 2.81. The highest BCUT2D eigenvalue weighted by Gasteiger charge is 2.51. The average molecular weight is 442 g/mol. The van der Waals surface area contributed by atoms with Gasteiger partial charge in [0.2, 0.25) is 5.91 Å². The molecule has 1 amide bonds. The van der Waals surface area contributed by atoms with Gasteiger partial charge in [0.15, 0.2) is 20.5 Å². The van der Waals surface area contributed by atoms with E-state index in [0.29, 0.717) is 12.5 Å². The summed E-state index contributed by atoms with van der Waals surface area (Å²) in [5.74, 6) is -0.161. The summed E-state index contributed by atoms with van der Waals surface area (Å²) >= 11 is 0. The molecular formula is C20H21F3N2O4S. The molecule has 1 aliphatic rings. The van der Waals surface area contributed by atoms with Crippen LogP contribution in [0.2, 0.25) is 0 Å². The van der Waals surface area contributed by atoms with Crippen LogP contribution in [0.25, 0.3) is 0 Å². The molecule has 2 N–H and O–H groups in total. The summed E-state index contributed by atoms with van der Waals surface area (Å²) < 4.78 is 63.0. The molecule has 1 aromatic heterocycles. The lowest BCUT2D eigenvalue weighted by atomic mass is 9.95. The Morgan fingerprint density at radius 2 is 1.80 bits per heavy atom. The van der Waals surface area contributed by atoms with Gasteiger partial charge in [-0.15, -0.1) is 0 Å². The van der Waals surface area contributed by atoms with Gasteiger partial charge in [-0.25, -0.2) is 13.4 Å². The number of nitrogens with zero attached hydrogens (tertiary/aromatic N) is 1. The normalized spacial score (nSPS) is 16.7. The molecule has 1 fully saturated rings. The van der Waals surface area contributed by atoms with Crippen molar-refractivity contribution in [1.29, 1.82) is 0 Å². The zero-order valence-corrected chi connectivity index (χ0v) is 16.9. The van der Waals surface area contributed by atoms with Crippen LogP contribution < -0.4 is 5.32 Å². The predicted octanol–water partition coefficient (Wildman–Crippen LogP) is 3.22. The van der Waals surface area contributed by atoms with E-state index < -0.39 is 27.5 Å². The average Bonchev–Trinajstić information content (AvgIpc) is 3.45. The third-order valence-electron chi connectivity index (χ3n) is 4.92. The van der Waals surface area contributed by atoms with Crippen LogP contribution >= 0.6 is 0 Å². The number of nitrogens with one attached hydrogen (secondary N) is 1. The molecule has 0 radical (unpaired) electrons. The summed E-state index contributed by atoms with van der Waals surface area (Å²) in [6.45, 7) is 0.655. The molecular weight excluding hydrogens is 421 g/mol. The predicted molar refractivity (Wildman–Crippen MR) is 103 cm³/mol. The van der Waals surface area contributed by atoms with Crippen LogP contribution in [-0.2, 0) is 26.7 Å². The zero-order chi connectivity index (χ0) is 22.2. The highest BCUT2D eigenvalue weighted by molar-refractivity contribution is 7.91. The topological polar surface area (TPSA) is 96.4 Å². The van der Waals surface area contributed by atoms with Crippen LogP contribution in [0.4, 0.5) is 18.9 Å². The Morgan fingerprint density at radius 3 is 2.30 bits per heavy atom. The first kappa shape index (κ1) is 22.2. The SMILES string of the molecule is CC(O)(c1ccc(NC(=O)Cc2ccc(S(=O)(=O)CC3CC3)nc2)cc1)C(F)(F)F. The molecule has 1 unspecified atom stereocenters. The molecule has 0 aliphatic heterocycles. The molecule has 30 heavy (non-hydrogen) atoms. The summed E-state index contributed by atoms with van der Waals surface area (Å²) in [7, 11) is -3.43. The fraction of sp³-hybridized carbons (Fsp3) is 0.400. The molecule has 0 spiro atoms. The Labute approximate surface area is 172 Å². The number of hydrogen-bond donors (Lipinski definition) is 2. The largest absolute Gasteiger partial charge is 0.421 e. The van der Waals surface area contributed by atoms with Crippen LogP contribution in [0.3, 0.4) is 0 Å². The number of pyridine rings is 1. The number of anilines is 1. The van der Waals surface area contributed by atoms with Crippen LogP contribution in [0.5, 0.6) is 0 Å². The van der Waals surface area contributed by atoms with Gasteiger partial charge >= 0.3 is 6.18 Å². The second-order valence-electron chi connectivity index (χ2n) is 7.60. The van der Waals surface area contributed by atoms with Crippen molar-refractivity contribution in [3.63, 3.8) is 0 Å². The van der Waals surface area contributed by atoms with Crippen molar-refractivity contribution in [3.8, 4) is 0 Å². The Kier molecular flexibility index (Phi) is 5.92. The van der Waals surface area contributed by atoms with E-state index in [1.54, 1.807) is 0 Å². The summed E-state index contributed by atoms with van der Waals surface area (Å²) in [6.07, 6.45) is -1.78. The van der Waals surface area contributed by atoms with E-state index in [9.17, 15) is 31.5 Å². The Bertz CT molecular complexity index is 1010. The van der Waals surface area contributed by atoms with E-state index >= 15 is 0 Å². The van der Waals surface area contributed by atoms with E-state index in [-0.39, 0.29) is 34.4 Å². The van der Waals surface area contributed by atoms with Crippen LogP contribution in [0, 0.1) is 5.92 Å². The lowest BCUT2D eigenvalue weighted by Crippen LogP contribution is -2.39. The number of aromatic nitrogens is 1. The maximum Gasteiger partial charge on any atom is 0.421 e. The summed E-state index contributed by atoms with van der Waals surface area (Å²) in [5, 5.41) is 12.2. The number of carbonyl (C=O) groups excluding carboxylic acids is 1. The van der Waals surface area contributed by atoms with Gasteiger partial charge in [0.1, 0.15) is 0 Å². The number of benzene rings is 1. The molecule has 10 heteroatoms. The first-order chi connectivity index (χ1) is 13.9. The Balaban J connectivity index is 1.60. The third-order valence-corrected chi connectivity index (χ3v) is 6.70. The van der Waals surface area contributed by atoms with E-state index in [1.165, 1.54) is 30.5 Å². The van der Waals surface area contributed by atoms with Crippen LogP contribution in [0.15, 0.2) is 47.6 Å². The van der Waals surface area contributed by atoms with Crippen LogP contribution in [-0.4, -0.2) is 36.3 Å². The van der Waals surface area contributed by atoms with Crippen molar-refractivity contribution < 1.29 is 31.5 Å². The van der Waals surface area contributed by atoms with E-state index in [2.05, 4.69) is 10.3 Å². The Hall–Kier alpha value is -2.46. The molecule has 1 atom stereocenters. The molecule has 0 saturated heterocycles. The number of carbonyl (C=O) groups is 1. The van der Waals surface area contributed by atoms with Gasteiger partial charge < -0.3 is 10.4 Å². The number of aliphatic hydroxyl groups is 1. The first-order valence-corrected chi connectivity index (χ1v) is 10.9. The third kappa shape index (κ3) is 5.17. The molecule has 3 rings (SSSR count). The van der Waals surface area contributed by atoms with Gasteiger partial charge in [0, 0.05) is 11.9 Å². The number of rotatable bonds is 7. The zero-order valence-electron chi connectivity index (χ0n) is 16.1. The second kappa shape index (κ2) is 7.99. The minimum Gasteiger partial charge on any atom is -0.376 e. The fourth-order valence-corrected chi connectivity index (χ4v) is 4.43. The van der Waals surface area contributed by atoms with E-state index in [0.717, 1.165) is 25.0 Å². The van der Waals surface area contributed by atoms with Gasteiger partial charge in [-0.05, 0) is 55.0 Å². The quantitative estimate of drug-likeness (QED) is 0.687. The second-order valence-corrected chi connectivity index (χ2v) is 9.58. The summed E-state index contributed by atoms with van der Waals surface area (Å²) in [6, 6.07) is 7.58. The standard InChI is InChI=1S/C20H21F3N2O4S/c1-19(27,20(21,22)23)15-5-7-16(8-6-15)25-17(26)10-14-4-9-18(24-11-14)30(28,29)12-13-2-3-13/h4-9,11,13,27H,2-3,10,12H2,1H3,(H,25,26). The maximum absolute atomic E-state index is 12.9. The van der Waals surface area contributed by atoms with E-state index in [4.69, 9.17) is 0 Å². The van der Waals surface area contributed by atoms with Crippen molar-refractivity contribution in [2.24, 2.45) is 5.92 Å². The van der Waals surface area contributed by atoms with Gasteiger partial charge in [-0.3, -0.25) is 4.79 Å². The number of halogens is 3. The maximum atomic E-state index is 12.9. The number of amides is 1. The monoisotopic (exact) mass is 442 g/mol. The van der Waals surface area contributed by atoms with Crippen molar-refractivity contribution in [3.05, 3.63) is 53.7 Å². The van der Waals surface area contributed by atoms with Crippen molar-refractivity contribution in [2.75, 3.05) is 11.1 Å².